The number of sulfonamides is 1. The molecule has 0 unspecified atom stereocenters. The average Bonchev–Trinajstić information content (AvgIpc) is 2.53. The summed E-state index contributed by atoms with van der Waals surface area (Å²) < 4.78 is 25.7. The van der Waals surface area contributed by atoms with Crippen LogP contribution in [0, 0.1) is 0 Å². The molecule has 0 saturated carbocycles. The van der Waals surface area contributed by atoms with E-state index in [4.69, 9.17) is 0 Å². The van der Waals surface area contributed by atoms with Gasteiger partial charge in [-0.15, -0.1) is 0 Å². The van der Waals surface area contributed by atoms with E-state index in [9.17, 15) is 13.2 Å². The van der Waals surface area contributed by atoms with Crippen LogP contribution in [0.4, 0.5) is 11.4 Å². The van der Waals surface area contributed by atoms with Crippen LogP contribution in [0.3, 0.4) is 0 Å². The van der Waals surface area contributed by atoms with Crippen LogP contribution in [0.2, 0.25) is 0 Å². The molecule has 2 N–H and O–H groups in total. The Kier molecular flexibility index (Phi) is 4.22. The van der Waals surface area contributed by atoms with Crippen LogP contribution in [0.25, 0.3) is 10.8 Å². The van der Waals surface area contributed by atoms with Gasteiger partial charge in [0.05, 0.1) is 17.5 Å². The third kappa shape index (κ3) is 3.72. The molecule has 3 aromatic rings. The van der Waals surface area contributed by atoms with Crippen LogP contribution in [-0.4, -0.2) is 20.6 Å². The maximum atomic E-state index is 12.6. The molecular formula is C18H16N2O3S. The van der Waals surface area contributed by atoms with Crippen LogP contribution < -0.4 is 10.0 Å². The van der Waals surface area contributed by atoms with Crippen molar-refractivity contribution < 1.29 is 13.2 Å². The summed E-state index contributed by atoms with van der Waals surface area (Å²) in [5.41, 5.74) is 1.16. The van der Waals surface area contributed by atoms with Gasteiger partial charge in [-0.1, -0.05) is 42.5 Å². The Morgan fingerprint density at radius 1 is 0.875 bits per heavy atom. The summed E-state index contributed by atoms with van der Waals surface area (Å²) in [6.45, 7) is 0. The van der Waals surface area contributed by atoms with Gasteiger partial charge < -0.3 is 5.32 Å². The zero-order valence-electron chi connectivity index (χ0n) is 13.0. The van der Waals surface area contributed by atoms with E-state index in [1.165, 1.54) is 0 Å². The van der Waals surface area contributed by atoms with Crippen LogP contribution in [0.15, 0.2) is 66.7 Å². The van der Waals surface area contributed by atoms with Gasteiger partial charge in [-0.2, -0.15) is 0 Å². The highest BCUT2D eigenvalue weighted by Crippen LogP contribution is 2.26. The Bertz CT molecular complexity index is 999. The van der Waals surface area contributed by atoms with Crippen LogP contribution in [0.5, 0.6) is 0 Å². The van der Waals surface area contributed by atoms with E-state index >= 15 is 0 Å². The van der Waals surface area contributed by atoms with Crippen molar-refractivity contribution in [2.75, 3.05) is 16.3 Å². The molecule has 0 aliphatic rings. The molecule has 0 radical (unpaired) electrons. The minimum Gasteiger partial charge on any atom is -0.322 e. The number of nitrogens with one attached hydrogen (secondary N) is 2. The molecule has 1 amide bonds. The van der Waals surface area contributed by atoms with Crippen molar-refractivity contribution in [1.29, 1.82) is 0 Å². The number of anilines is 2. The van der Waals surface area contributed by atoms with E-state index in [2.05, 4.69) is 10.0 Å². The first-order chi connectivity index (χ1) is 11.4. The number of amides is 1. The molecule has 0 bridgehead atoms. The summed E-state index contributed by atoms with van der Waals surface area (Å²) >= 11 is 0. The van der Waals surface area contributed by atoms with Gasteiger partial charge in [0.25, 0.3) is 5.91 Å². The summed E-state index contributed by atoms with van der Waals surface area (Å²) in [5, 5.41) is 4.48. The van der Waals surface area contributed by atoms with Gasteiger partial charge in [0.1, 0.15) is 0 Å². The second kappa shape index (κ2) is 6.33. The molecule has 0 aromatic heterocycles. The topological polar surface area (TPSA) is 75.3 Å². The number of benzene rings is 3. The van der Waals surface area contributed by atoms with E-state index in [-0.39, 0.29) is 17.2 Å². The molecule has 0 aliphatic heterocycles. The minimum atomic E-state index is -3.50. The quantitative estimate of drug-likeness (QED) is 0.764. The number of carbonyl (C=O) groups excluding carboxylic acids is 1. The van der Waals surface area contributed by atoms with Gasteiger partial charge in [0.15, 0.2) is 0 Å². The van der Waals surface area contributed by atoms with Gasteiger partial charge in [-0.3, -0.25) is 9.52 Å². The molecule has 5 nitrogen and oxygen atoms in total. The number of fused-ring (bicyclic) bond motifs is 1. The lowest BCUT2D eigenvalue weighted by atomic mass is 10.0. The van der Waals surface area contributed by atoms with Gasteiger partial charge in [0, 0.05) is 5.69 Å². The molecule has 0 atom stereocenters. The molecule has 3 rings (SSSR count). The van der Waals surface area contributed by atoms with E-state index in [0.717, 1.165) is 17.0 Å². The van der Waals surface area contributed by atoms with Crippen molar-refractivity contribution in [3.8, 4) is 0 Å². The van der Waals surface area contributed by atoms with Crippen LogP contribution >= 0.6 is 0 Å². The van der Waals surface area contributed by atoms with Crippen LogP contribution in [-0.2, 0) is 10.0 Å². The first-order valence-electron chi connectivity index (χ1n) is 7.29. The lowest BCUT2D eigenvalue weighted by Gasteiger charge is -2.13. The lowest BCUT2D eigenvalue weighted by Crippen LogP contribution is -2.17. The monoisotopic (exact) mass is 340 g/mol. The zero-order valence-corrected chi connectivity index (χ0v) is 13.8. The average molecular weight is 340 g/mol. The van der Waals surface area contributed by atoms with Crippen molar-refractivity contribution in [1.82, 2.24) is 0 Å². The minimum absolute atomic E-state index is 0.254. The summed E-state index contributed by atoms with van der Waals surface area (Å²) in [6, 6.07) is 19.8. The molecule has 122 valence electrons. The number of para-hydroxylation sites is 1. The predicted octanol–water partition coefficient (Wildman–Crippen LogP) is 3.46. The van der Waals surface area contributed by atoms with E-state index in [0.29, 0.717) is 5.69 Å². The maximum absolute atomic E-state index is 12.6. The van der Waals surface area contributed by atoms with Crippen molar-refractivity contribution in [2.24, 2.45) is 0 Å². The molecule has 0 spiro atoms. The Balaban J connectivity index is 2.06. The van der Waals surface area contributed by atoms with Crippen molar-refractivity contribution in [3.63, 3.8) is 0 Å². The third-order valence-electron chi connectivity index (χ3n) is 3.46. The highest BCUT2D eigenvalue weighted by molar-refractivity contribution is 7.92. The largest absolute Gasteiger partial charge is 0.322 e. The van der Waals surface area contributed by atoms with Gasteiger partial charge in [0.2, 0.25) is 10.0 Å². The van der Waals surface area contributed by atoms with Crippen LogP contribution in [0.1, 0.15) is 10.4 Å². The van der Waals surface area contributed by atoms with Crippen molar-refractivity contribution in [2.45, 2.75) is 0 Å². The molecule has 3 aromatic carbocycles. The van der Waals surface area contributed by atoms with Gasteiger partial charge in [-0.25, -0.2) is 8.42 Å². The maximum Gasteiger partial charge on any atom is 0.257 e. The smallest absolute Gasteiger partial charge is 0.257 e. The fraction of sp³-hybridized carbons (Fsp3) is 0.0556. The molecule has 0 heterocycles. The molecular weight excluding hydrogens is 324 g/mol. The fourth-order valence-electron chi connectivity index (χ4n) is 2.43. The molecule has 0 fully saturated rings. The standard InChI is InChI=1S/C18H16N2O3S/c1-24(22,23)20-17-12-14-8-6-5-7-13(14)11-16(17)18(21)19-15-9-3-2-4-10-15/h2-12,20H,1H3,(H,19,21). The highest BCUT2D eigenvalue weighted by Gasteiger charge is 2.16. The summed E-state index contributed by atoms with van der Waals surface area (Å²) in [6.07, 6.45) is 1.06. The summed E-state index contributed by atoms with van der Waals surface area (Å²) in [7, 11) is -3.50. The summed E-state index contributed by atoms with van der Waals surface area (Å²) in [4.78, 5) is 12.6. The SMILES string of the molecule is CS(=O)(=O)Nc1cc2ccccc2cc1C(=O)Nc1ccccc1. The number of rotatable bonds is 4. The normalized spacial score (nSPS) is 11.2. The Labute approximate surface area is 140 Å². The molecule has 0 saturated heterocycles. The van der Waals surface area contributed by atoms with Gasteiger partial charge in [-0.05, 0) is 35.0 Å². The Hall–Kier alpha value is -2.86. The summed E-state index contributed by atoms with van der Waals surface area (Å²) in [5.74, 6) is -0.377. The Morgan fingerprint density at radius 2 is 1.46 bits per heavy atom. The molecule has 6 heteroatoms. The van der Waals surface area contributed by atoms with E-state index in [1.807, 2.05) is 42.5 Å². The Morgan fingerprint density at radius 3 is 2.08 bits per heavy atom. The highest BCUT2D eigenvalue weighted by atomic mass is 32.2. The fourth-order valence-corrected chi connectivity index (χ4v) is 3.00. The second-order valence-electron chi connectivity index (χ2n) is 5.44. The lowest BCUT2D eigenvalue weighted by molar-refractivity contribution is 0.102. The second-order valence-corrected chi connectivity index (χ2v) is 7.19. The number of hydrogen-bond acceptors (Lipinski definition) is 3. The van der Waals surface area contributed by atoms with Crippen molar-refractivity contribution in [3.05, 3.63) is 72.3 Å². The predicted molar refractivity (Wildman–Crippen MR) is 96.8 cm³/mol. The van der Waals surface area contributed by atoms with E-state index < -0.39 is 10.0 Å². The number of carbonyl (C=O) groups is 1. The van der Waals surface area contributed by atoms with Crippen molar-refractivity contribution >= 4 is 38.1 Å². The first-order valence-corrected chi connectivity index (χ1v) is 9.18. The van der Waals surface area contributed by atoms with Gasteiger partial charge >= 0.3 is 0 Å². The third-order valence-corrected chi connectivity index (χ3v) is 4.05. The first kappa shape index (κ1) is 16.0. The zero-order chi connectivity index (χ0) is 17.2. The molecule has 24 heavy (non-hydrogen) atoms. The number of hydrogen-bond donors (Lipinski definition) is 2. The van der Waals surface area contributed by atoms with E-state index in [1.54, 1.807) is 24.3 Å². The molecule has 0 aliphatic carbocycles.